The Morgan fingerprint density at radius 1 is 1.13 bits per heavy atom. The topological polar surface area (TPSA) is 65.1 Å². The van der Waals surface area contributed by atoms with E-state index >= 15 is 0 Å². The molecule has 0 amide bonds. The first-order valence-electron chi connectivity index (χ1n) is 8.53. The molecule has 1 aromatic rings. The van der Waals surface area contributed by atoms with Gasteiger partial charge in [-0.05, 0) is 19.4 Å². The van der Waals surface area contributed by atoms with Gasteiger partial charge in [-0.1, -0.05) is 29.8 Å². The lowest BCUT2D eigenvalue weighted by atomic mass is 10.1. The number of nitrogens with zero attached hydrogens (tertiary/aromatic N) is 1. The van der Waals surface area contributed by atoms with Gasteiger partial charge in [0, 0.05) is 6.61 Å². The maximum absolute atomic E-state index is 14.3. The van der Waals surface area contributed by atoms with Gasteiger partial charge in [-0.3, -0.25) is 0 Å². The van der Waals surface area contributed by atoms with Crippen molar-refractivity contribution < 1.29 is 57.8 Å². The Labute approximate surface area is 171 Å². The number of alkyl halides is 8. The van der Waals surface area contributed by atoms with Crippen LogP contribution in [0.2, 0.25) is 0 Å². The molecule has 0 N–H and O–H groups in total. The molecule has 1 heterocycles. The molecule has 1 aliphatic rings. The molecule has 0 spiro atoms. The van der Waals surface area contributed by atoms with Crippen LogP contribution in [0.3, 0.4) is 0 Å². The summed E-state index contributed by atoms with van der Waals surface area (Å²) in [6.07, 6.45) is -20.8. The number of halogens is 8. The van der Waals surface area contributed by atoms with Crippen LogP contribution in [-0.2, 0) is 24.2 Å². The fourth-order valence-corrected chi connectivity index (χ4v) is 3.93. The van der Waals surface area contributed by atoms with Crippen LogP contribution >= 0.6 is 0 Å². The van der Waals surface area contributed by atoms with Crippen molar-refractivity contribution in [1.29, 1.82) is 0 Å². The molecule has 1 aromatic carbocycles. The third-order valence-electron chi connectivity index (χ3n) is 4.08. The molecule has 2 atom stereocenters. The average molecular weight is 487 g/mol. The zero-order chi connectivity index (χ0) is 23.8. The average Bonchev–Trinajstić information content (AvgIpc) is 3.06. The van der Waals surface area contributed by atoms with Gasteiger partial charge >= 0.3 is 23.9 Å². The molecular weight excluding hydrogens is 470 g/mol. The third-order valence-corrected chi connectivity index (χ3v) is 5.92. The van der Waals surface area contributed by atoms with Crippen molar-refractivity contribution in [2.45, 2.75) is 50.3 Å². The molecule has 31 heavy (non-hydrogen) atoms. The minimum Gasteiger partial charge on any atom is -0.351 e. The Hall–Kier alpha value is -1.55. The van der Waals surface area contributed by atoms with Gasteiger partial charge in [0.1, 0.15) is 0 Å². The van der Waals surface area contributed by atoms with Crippen LogP contribution in [0.4, 0.5) is 35.1 Å². The first kappa shape index (κ1) is 25.7. The highest BCUT2D eigenvalue weighted by atomic mass is 32.2. The maximum Gasteiger partial charge on any atom is 0.449 e. The lowest BCUT2D eigenvalue weighted by Gasteiger charge is -2.32. The van der Waals surface area contributed by atoms with E-state index < -0.39 is 53.0 Å². The van der Waals surface area contributed by atoms with E-state index in [2.05, 4.69) is 4.74 Å². The first-order chi connectivity index (χ1) is 14.1. The summed E-state index contributed by atoms with van der Waals surface area (Å²) in [5, 5.41) is -6.37. The molecule has 2 rings (SSSR count). The minimum absolute atomic E-state index is 0.0608. The van der Waals surface area contributed by atoms with E-state index in [1.807, 2.05) is 0 Å². The van der Waals surface area contributed by atoms with Crippen molar-refractivity contribution in [2.75, 3.05) is 13.2 Å². The predicted molar refractivity (Wildman–Crippen MR) is 88.0 cm³/mol. The van der Waals surface area contributed by atoms with E-state index in [0.717, 1.165) is 0 Å². The van der Waals surface area contributed by atoms with E-state index in [1.54, 1.807) is 6.92 Å². The normalized spacial score (nSPS) is 21.8. The molecule has 0 saturated carbocycles. The molecule has 6 nitrogen and oxygen atoms in total. The lowest BCUT2D eigenvalue weighted by Crippen LogP contribution is -2.57. The highest BCUT2D eigenvalue weighted by Crippen LogP contribution is 2.48. The van der Waals surface area contributed by atoms with Crippen molar-refractivity contribution in [1.82, 2.24) is 4.31 Å². The molecule has 0 unspecified atom stereocenters. The number of ether oxygens (including phenoxy) is 3. The fourth-order valence-electron chi connectivity index (χ4n) is 2.55. The first-order valence-corrected chi connectivity index (χ1v) is 9.97. The van der Waals surface area contributed by atoms with E-state index in [9.17, 15) is 43.5 Å². The highest BCUT2D eigenvalue weighted by Gasteiger charge is 2.73. The maximum atomic E-state index is 14.3. The summed E-state index contributed by atoms with van der Waals surface area (Å²) in [5.74, 6) is 0. The minimum atomic E-state index is -6.52. The summed E-state index contributed by atoms with van der Waals surface area (Å²) < 4.78 is 143. The zero-order valence-electron chi connectivity index (χ0n) is 15.9. The Balaban J connectivity index is 2.46. The molecule has 1 aliphatic heterocycles. The predicted octanol–water partition coefficient (Wildman–Crippen LogP) is 4.08. The number of sulfonamides is 1. The lowest BCUT2D eigenvalue weighted by molar-refractivity contribution is -0.435. The van der Waals surface area contributed by atoms with Crippen molar-refractivity contribution >= 4 is 10.0 Å². The van der Waals surface area contributed by atoms with Gasteiger partial charge in [-0.15, -0.1) is 0 Å². The van der Waals surface area contributed by atoms with Gasteiger partial charge in [-0.25, -0.2) is 21.9 Å². The van der Waals surface area contributed by atoms with Crippen LogP contribution in [0.15, 0.2) is 24.3 Å². The Morgan fingerprint density at radius 2 is 1.68 bits per heavy atom. The number of rotatable bonds is 9. The standard InChI is InChI=1S/C16H17F8NO5S/c1-3-28-11-8-25(12(29-11)10-6-4-9(2)5-7-10)31(26,27)16(23,24)15(21,22)30-14(19,20)13(17)18/h4-7,11-13H,3,8H2,1-2H3/t11-,12-/m1/s1. The monoisotopic (exact) mass is 487 g/mol. The number of aryl methyl sites for hydroxylation is 1. The summed E-state index contributed by atoms with van der Waals surface area (Å²) in [6.45, 7) is 2.01. The SMILES string of the molecule is CCO[C@H]1CN(S(=O)(=O)C(F)(F)C(F)(F)OC(F)(F)C(F)F)[C@@H](c2ccc(C)cc2)O1. The largest absolute Gasteiger partial charge is 0.449 e. The van der Waals surface area contributed by atoms with Crippen LogP contribution in [-0.4, -0.2) is 56.1 Å². The smallest absolute Gasteiger partial charge is 0.351 e. The van der Waals surface area contributed by atoms with Crippen LogP contribution in [0.5, 0.6) is 0 Å². The second-order valence-electron chi connectivity index (χ2n) is 6.36. The molecule has 0 aromatic heterocycles. The summed E-state index contributed by atoms with van der Waals surface area (Å²) in [4.78, 5) is 0. The van der Waals surface area contributed by atoms with Crippen LogP contribution in [0, 0.1) is 6.92 Å². The molecular formula is C16H17F8NO5S. The van der Waals surface area contributed by atoms with Gasteiger partial charge in [0.05, 0.1) is 6.54 Å². The number of hydrogen-bond acceptors (Lipinski definition) is 5. The Kier molecular flexibility index (Phi) is 7.27. The molecule has 178 valence electrons. The summed E-state index contributed by atoms with van der Waals surface area (Å²) >= 11 is 0. The quantitative estimate of drug-likeness (QED) is 0.492. The summed E-state index contributed by atoms with van der Waals surface area (Å²) in [5.41, 5.74) is 0.617. The summed E-state index contributed by atoms with van der Waals surface area (Å²) in [7, 11) is -6.51. The Bertz CT molecular complexity index is 865. The van der Waals surface area contributed by atoms with Crippen molar-refractivity contribution in [3.63, 3.8) is 0 Å². The molecule has 0 radical (unpaired) electrons. The third kappa shape index (κ3) is 4.94. The van der Waals surface area contributed by atoms with E-state index in [-0.39, 0.29) is 16.5 Å². The van der Waals surface area contributed by atoms with Crippen molar-refractivity contribution in [2.24, 2.45) is 0 Å². The second kappa shape index (κ2) is 8.77. The number of hydrogen-bond donors (Lipinski definition) is 0. The second-order valence-corrected chi connectivity index (χ2v) is 8.29. The molecule has 1 fully saturated rings. The van der Waals surface area contributed by atoms with Crippen LogP contribution in [0.1, 0.15) is 24.3 Å². The molecule has 0 aliphatic carbocycles. The summed E-state index contributed by atoms with van der Waals surface area (Å²) in [6, 6.07) is 5.40. The van der Waals surface area contributed by atoms with E-state index in [4.69, 9.17) is 9.47 Å². The van der Waals surface area contributed by atoms with Crippen LogP contribution in [0.25, 0.3) is 0 Å². The van der Waals surface area contributed by atoms with Gasteiger partial charge in [0.25, 0.3) is 10.0 Å². The van der Waals surface area contributed by atoms with Gasteiger partial charge < -0.3 is 9.47 Å². The van der Waals surface area contributed by atoms with E-state index in [1.165, 1.54) is 31.2 Å². The van der Waals surface area contributed by atoms with Gasteiger partial charge in [-0.2, -0.15) is 30.6 Å². The zero-order valence-corrected chi connectivity index (χ0v) is 16.7. The number of benzene rings is 1. The van der Waals surface area contributed by atoms with Crippen molar-refractivity contribution in [3.05, 3.63) is 35.4 Å². The molecule has 1 saturated heterocycles. The van der Waals surface area contributed by atoms with Crippen molar-refractivity contribution in [3.8, 4) is 0 Å². The molecule has 15 heteroatoms. The van der Waals surface area contributed by atoms with Gasteiger partial charge in [0.15, 0.2) is 12.5 Å². The molecule has 0 bridgehead atoms. The van der Waals surface area contributed by atoms with Gasteiger partial charge in [0.2, 0.25) is 0 Å². The Morgan fingerprint density at radius 3 is 2.16 bits per heavy atom. The van der Waals surface area contributed by atoms with E-state index in [0.29, 0.717) is 5.56 Å². The fraction of sp³-hybridized carbons (Fsp3) is 0.625. The van der Waals surface area contributed by atoms with Crippen LogP contribution < -0.4 is 0 Å². The highest BCUT2D eigenvalue weighted by molar-refractivity contribution is 7.90.